The van der Waals surface area contributed by atoms with E-state index < -0.39 is 12.9 Å². The maximum Gasteiger partial charge on any atom is 0.364 e. The third kappa shape index (κ3) is 2.36. The highest BCUT2D eigenvalue weighted by Crippen LogP contribution is 2.71. The topological polar surface area (TPSA) is 65.0 Å². The molecule has 0 aromatic carbocycles. The van der Waals surface area contributed by atoms with E-state index in [4.69, 9.17) is 20.2 Å². The summed E-state index contributed by atoms with van der Waals surface area (Å²) in [6.07, 6.45) is 7.78. The van der Waals surface area contributed by atoms with Crippen LogP contribution in [0.4, 0.5) is 0 Å². The molecule has 5 nitrogen and oxygen atoms in total. The van der Waals surface area contributed by atoms with Crippen LogP contribution in [0.25, 0.3) is 0 Å². The van der Waals surface area contributed by atoms with Gasteiger partial charge < -0.3 is 14.4 Å². The second-order valence-electron chi connectivity index (χ2n) is 5.40. The fourth-order valence-electron chi connectivity index (χ4n) is 2.67. The van der Waals surface area contributed by atoms with Crippen LogP contribution in [0.3, 0.4) is 0 Å². The molecular formula is C14H21O5P. The molecule has 5 unspecified atom stereocenters. The van der Waals surface area contributed by atoms with E-state index in [2.05, 4.69) is 5.92 Å². The maximum atomic E-state index is 12.3. The Hall–Kier alpha value is -0.630. The molecule has 1 heterocycles. The predicted molar refractivity (Wildman–Crippen MR) is 75.1 cm³/mol. The average molecular weight is 300 g/mol. The Morgan fingerprint density at radius 3 is 2.90 bits per heavy atom. The lowest BCUT2D eigenvalue weighted by molar-refractivity contribution is -0.119. The van der Waals surface area contributed by atoms with Crippen LogP contribution in [0.15, 0.2) is 11.6 Å². The molecule has 1 N–H and O–H groups in total. The zero-order chi connectivity index (χ0) is 15.0. The highest BCUT2D eigenvalue weighted by molar-refractivity contribution is 7.56. The Morgan fingerprint density at radius 2 is 2.40 bits per heavy atom. The summed E-state index contributed by atoms with van der Waals surface area (Å²) in [7, 11) is -1.85. The molecule has 0 aromatic heterocycles. The standard InChI is InChI=1S/C14H21O5P/c1-5-11-6-12(8-15)13(7-11)9-18-14(3)10(2)19-20(14,16)17-4/h1,6,10-11,13,15H,7-9H2,2-4H3. The van der Waals surface area contributed by atoms with Gasteiger partial charge >= 0.3 is 7.60 Å². The van der Waals surface area contributed by atoms with Gasteiger partial charge in [0.15, 0.2) is 5.34 Å². The van der Waals surface area contributed by atoms with Crippen LogP contribution < -0.4 is 0 Å². The van der Waals surface area contributed by atoms with Crippen molar-refractivity contribution in [2.24, 2.45) is 11.8 Å². The Balaban J connectivity index is 2.01. The molecule has 2 aliphatic rings. The van der Waals surface area contributed by atoms with Crippen LogP contribution in [-0.2, 0) is 18.3 Å². The van der Waals surface area contributed by atoms with Gasteiger partial charge in [-0.05, 0) is 25.8 Å². The summed E-state index contributed by atoms with van der Waals surface area (Å²) in [6.45, 7) is 3.86. The molecule has 6 heteroatoms. The second kappa shape index (κ2) is 5.63. The molecule has 1 fully saturated rings. The van der Waals surface area contributed by atoms with Gasteiger partial charge in [0, 0.05) is 18.9 Å². The lowest BCUT2D eigenvalue weighted by Crippen LogP contribution is -2.52. The Labute approximate surface area is 119 Å². The monoisotopic (exact) mass is 300 g/mol. The largest absolute Gasteiger partial charge is 0.392 e. The minimum absolute atomic E-state index is 0.0304. The molecule has 0 spiro atoms. The van der Waals surface area contributed by atoms with E-state index in [9.17, 15) is 9.67 Å². The lowest BCUT2D eigenvalue weighted by Gasteiger charge is -2.49. The lowest BCUT2D eigenvalue weighted by atomic mass is 10.0. The first-order valence-corrected chi connectivity index (χ1v) is 8.20. The first-order valence-electron chi connectivity index (χ1n) is 6.66. The molecule has 2 rings (SSSR count). The molecule has 0 aromatic rings. The summed E-state index contributed by atoms with van der Waals surface area (Å²) in [5.74, 6) is 2.75. The summed E-state index contributed by atoms with van der Waals surface area (Å²) < 4.78 is 28.4. The van der Waals surface area contributed by atoms with Gasteiger partial charge in [-0.2, -0.15) is 0 Å². The van der Waals surface area contributed by atoms with Crippen LogP contribution in [0.5, 0.6) is 0 Å². The van der Waals surface area contributed by atoms with Crippen LogP contribution in [0.1, 0.15) is 20.3 Å². The number of hydrogen-bond acceptors (Lipinski definition) is 5. The van der Waals surface area contributed by atoms with Crippen LogP contribution in [-0.4, -0.2) is 36.9 Å². The van der Waals surface area contributed by atoms with Crippen molar-refractivity contribution in [2.75, 3.05) is 20.3 Å². The molecule has 5 atom stereocenters. The fraction of sp³-hybridized carbons (Fsp3) is 0.714. The van der Waals surface area contributed by atoms with E-state index in [-0.39, 0.29) is 24.5 Å². The fourth-order valence-corrected chi connectivity index (χ4v) is 4.52. The molecule has 0 saturated carbocycles. The number of aliphatic hydroxyl groups is 1. The van der Waals surface area contributed by atoms with Crippen molar-refractivity contribution in [3.8, 4) is 12.3 Å². The highest BCUT2D eigenvalue weighted by Gasteiger charge is 2.63. The van der Waals surface area contributed by atoms with Crippen molar-refractivity contribution in [1.82, 2.24) is 0 Å². The summed E-state index contributed by atoms with van der Waals surface area (Å²) >= 11 is 0. The summed E-state index contributed by atoms with van der Waals surface area (Å²) in [5, 5.41) is 8.42. The van der Waals surface area contributed by atoms with Crippen molar-refractivity contribution < 1.29 is 23.5 Å². The predicted octanol–water partition coefficient (Wildman–Crippen LogP) is 2.17. The highest BCUT2D eigenvalue weighted by atomic mass is 31.2. The van der Waals surface area contributed by atoms with Crippen molar-refractivity contribution in [2.45, 2.75) is 31.7 Å². The summed E-state index contributed by atoms with van der Waals surface area (Å²) in [6, 6.07) is 0. The number of ether oxygens (including phenoxy) is 1. The van der Waals surface area contributed by atoms with Gasteiger partial charge in [-0.1, -0.05) is 12.0 Å². The van der Waals surface area contributed by atoms with Gasteiger partial charge in [0.2, 0.25) is 0 Å². The maximum absolute atomic E-state index is 12.3. The number of rotatable bonds is 5. The zero-order valence-electron chi connectivity index (χ0n) is 12.0. The van der Waals surface area contributed by atoms with E-state index in [1.54, 1.807) is 13.8 Å². The third-order valence-electron chi connectivity index (χ3n) is 4.29. The molecule has 0 radical (unpaired) electrons. The molecular weight excluding hydrogens is 279 g/mol. The second-order valence-corrected chi connectivity index (χ2v) is 7.86. The van der Waals surface area contributed by atoms with Crippen LogP contribution in [0, 0.1) is 24.2 Å². The average Bonchev–Trinajstić information content (AvgIpc) is 2.86. The molecule has 1 aliphatic heterocycles. The number of allylic oxidation sites excluding steroid dienone is 1. The molecule has 0 bridgehead atoms. The van der Waals surface area contributed by atoms with Crippen LogP contribution >= 0.6 is 7.60 Å². The molecule has 20 heavy (non-hydrogen) atoms. The van der Waals surface area contributed by atoms with Crippen molar-refractivity contribution in [1.29, 1.82) is 0 Å². The van der Waals surface area contributed by atoms with Crippen LogP contribution in [0.2, 0.25) is 0 Å². The first kappa shape index (κ1) is 15.8. The molecule has 112 valence electrons. The van der Waals surface area contributed by atoms with Gasteiger partial charge in [-0.15, -0.1) is 6.42 Å². The number of aliphatic hydroxyl groups excluding tert-OH is 1. The third-order valence-corrected chi connectivity index (χ3v) is 6.94. The van der Waals surface area contributed by atoms with Gasteiger partial charge in [0.25, 0.3) is 0 Å². The summed E-state index contributed by atoms with van der Waals surface area (Å²) in [4.78, 5) is 0. The van der Waals surface area contributed by atoms with Gasteiger partial charge in [0.1, 0.15) is 6.10 Å². The molecule has 1 aliphatic carbocycles. The van der Waals surface area contributed by atoms with E-state index in [0.717, 1.165) is 12.0 Å². The smallest absolute Gasteiger partial charge is 0.364 e. The SMILES string of the molecule is C#CC1C=C(CO)C(COC2(C)C(C)OP2(=O)OC)C1. The quantitative estimate of drug-likeness (QED) is 0.479. The first-order chi connectivity index (χ1) is 9.40. The molecule has 1 saturated heterocycles. The van der Waals surface area contributed by atoms with E-state index in [1.165, 1.54) is 7.11 Å². The Kier molecular flexibility index (Phi) is 4.44. The zero-order valence-corrected chi connectivity index (χ0v) is 12.9. The Morgan fingerprint density at radius 1 is 1.70 bits per heavy atom. The van der Waals surface area contributed by atoms with Gasteiger partial charge in [0.05, 0.1) is 13.2 Å². The van der Waals surface area contributed by atoms with E-state index in [0.29, 0.717) is 6.61 Å². The normalized spacial score (nSPS) is 43.8. The minimum atomic E-state index is -3.20. The summed E-state index contributed by atoms with van der Waals surface area (Å²) in [5.41, 5.74) is 0.886. The van der Waals surface area contributed by atoms with Crippen molar-refractivity contribution in [3.63, 3.8) is 0 Å². The van der Waals surface area contributed by atoms with Crippen molar-refractivity contribution >= 4 is 7.60 Å². The van der Waals surface area contributed by atoms with E-state index in [1.807, 2.05) is 6.08 Å². The molecule has 0 amide bonds. The van der Waals surface area contributed by atoms with Gasteiger partial charge in [-0.25, -0.2) is 0 Å². The van der Waals surface area contributed by atoms with Gasteiger partial charge in [-0.3, -0.25) is 9.09 Å². The van der Waals surface area contributed by atoms with Crippen molar-refractivity contribution in [3.05, 3.63) is 11.6 Å². The van der Waals surface area contributed by atoms with E-state index >= 15 is 0 Å². The number of terminal acetylenes is 1. The number of hydrogen-bond donors (Lipinski definition) is 1. The minimum Gasteiger partial charge on any atom is -0.392 e. The Bertz CT molecular complexity index is 494.